The number of aliphatic hydroxyl groups is 1. The van der Waals surface area contributed by atoms with Crippen LogP contribution in [-0.2, 0) is 27.3 Å². The minimum Gasteiger partial charge on any atom is -0.477 e. The van der Waals surface area contributed by atoms with Crippen molar-refractivity contribution in [2.24, 2.45) is 0 Å². The van der Waals surface area contributed by atoms with Crippen LogP contribution in [0.1, 0.15) is 38.8 Å². The van der Waals surface area contributed by atoms with Gasteiger partial charge in [-0.05, 0) is 60.7 Å². The van der Waals surface area contributed by atoms with E-state index in [-0.39, 0.29) is 12.3 Å². The monoisotopic (exact) mass is 711 g/mol. The third-order valence-corrected chi connectivity index (χ3v) is 8.03. The smallest absolute Gasteiger partial charge is 0.354 e. The van der Waals surface area contributed by atoms with Gasteiger partial charge >= 0.3 is 5.97 Å². The summed E-state index contributed by atoms with van der Waals surface area (Å²) in [6.07, 6.45) is 5.74. The average molecular weight is 712 g/mol. The van der Waals surface area contributed by atoms with Gasteiger partial charge in [-0.25, -0.2) is 14.8 Å². The van der Waals surface area contributed by atoms with Gasteiger partial charge in [0, 0.05) is 57.4 Å². The van der Waals surface area contributed by atoms with Crippen molar-refractivity contribution in [2.45, 2.75) is 19.5 Å². The van der Waals surface area contributed by atoms with E-state index in [0.29, 0.717) is 96.6 Å². The predicted molar refractivity (Wildman–Crippen MR) is 190 cm³/mol. The summed E-state index contributed by atoms with van der Waals surface area (Å²) in [4.78, 5) is 35.0. The highest BCUT2D eigenvalue weighted by atomic mass is 32.2. The van der Waals surface area contributed by atoms with Crippen molar-refractivity contribution >= 4 is 47.5 Å². The molecular weight excluding hydrogens is 663 g/mol. The number of aldehydes is 1. The number of carbonyl (C=O) groups is 2. The molecule has 47 heavy (non-hydrogen) atoms. The Labute approximate surface area is 291 Å². The number of pyridine rings is 2. The van der Waals surface area contributed by atoms with Crippen LogP contribution in [0.4, 0.5) is 0 Å². The molecule has 2 heterocycles. The van der Waals surface area contributed by atoms with Crippen LogP contribution < -0.4 is 0 Å². The Morgan fingerprint density at radius 2 is 1.43 bits per heavy atom. The lowest BCUT2D eigenvalue weighted by Gasteiger charge is -2.22. The SMILES string of the molecule is CSC.N#CSCCSCCCOCCN(CCOCCOCCN(CCO)Cc1cccc(C=O)n1)Cc1cccc(C(=O)O)n1. The van der Waals surface area contributed by atoms with Crippen LogP contribution in [0.15, 0.2) is 36.4 Å². The molecule has 0 bridgehead atoms. The van der Waals surface area contributed by atoms with Crippen molar-refractivity contribution < 1.29 is 34.0 Å². The highest BCUT2D eigenvalue weighted by molar-refractivity contribution is 8.05. The standard InChI is InChI=1S/C30H43N5O7S2.C2H6S/c31-25-44-21-20-43-19-3-13-40-14-10-35(23-27-5-2-7-29(33-27)30(38)39)11-16-42-18-17-41-15-9-34(8-12-36)22-26-4-1-6-28(24-37)32-26;1-3-2/h1-2,4-7,24,36H,3,8-23H2,(H,38,39);1-2H3. The molecule has 2 N–H and O–H groups in total. The van der Waals surface area contributed by atoms with Gasteiger partial charge in [-0.2, -0.15) is 28.8 Å². The lowest BCUT2D eigenvalue weighted by atomic mass is 10.3. The van der Waals surface area contributed by atoms with E-state index in [1.54, 1.807) is 30.0 Å². The van der Waals surface area contributed by atoms with E-state index < -0.39 is 5.97 Å². The first kappa shape index (κ1) is 42.8. The maximum Gasteiger partial charge on any atom is 0.354 e. The first-order valence-corrected chi connectivity index (χ1v) is 19.1. The number of thiocyanates is 1. The Hall–Kier alpha value is -2.26. The third kappa shape index (κ3) is 22.9. The van der Waals surface area contributed by atoms with Gasteiger partial charge in [0.25, 0.3) is 0 Å². The lowest BCUT2D eigenvalue weighted by molar-refractivity contribution is 0.0244. The summed E-state index contributed by atoms with van der Waals surface area (Å²) < 4.78 is 17.3. The quantitative estimate of drug-likeness (QED) is 0.0785. The van der Waals surface area contributed by atoms with E-state index >= 15 is 0 Å². The number of hydrogen-bond donors (Lipinski definition) is 2. The van der Waals surface area contributed by atoms with Crippen molar-refractivity contribution in [1.82, 2.24) is 19.8 Å². The van der Waals surface area contributed by atoms with Gasteiger partial charge in [-0.3, -0.25) is 14.6 Å². The van der Waals surface area contributed by atoms with Gasteiger partial charge in [0.2, 0.25) is 0 Å². The molecule has 0 radical (unpaired) electrons. The second kappa shape index (κ2) is 29.8. The molecule has 0 spiro atoms. The molecule has 0 atom stereocenters. The fraction of sp³-hybridized carbons (Fsp3) is 0.594. The van der Waals surface area contributed by atoms with Gasteiger partial charge in [-0.15, -0.1) is 0 Å². The molecule has 0 saturated carbocycles. The van der Waals surface area contributed by atoms with Crippen molar-refractivity contribution in [2.75, 3.05) is 102 Å². The van der Waals surface area contributed by atoms with Crippen LogP contribution in [0, 0.1) is 10.7 Å². The fourth-order valence-electron chi connectivity index (χ4n) is 3.99. The summed E-state index contributed by atoms with van der Waals surface area (Å²) in [5.41, 5.74) is 1.82. The number of carboxylic acids is 1. The van der Waals surface area contributed by atoms with Gasteiger partial charge in [0.15, 0.2) is 6.29 Å². The van der Waals surface area contributed by atoms with Crippen LogP contribution in [0.3, 0.4) is 0 Å². The average Bonchev–Trinajstić information content (AvgIpc) is 3.07. The molecule has 0 aromatic carbocycles. The molecule has 2 aromatic heterocycles. The van der Waals surface area contributed by atoms with Crippen molar-refractivity contribution in [3.8, 4) is 5.40 Å². The molecule has 262 valence electrons. The third-order valence-electron chi connectivity index (χ3n) is 6.16. The number of aliphatic hydroxyl groups excluding tert-OH is 1. The summed E-state index contributed by atoms with van der Waals surface area (Å²) in [6, 6.07) is 10.3. The Bertz CT molecular complexity index is 1150. The molecule has 12 nitrogen and oxygen atoms in total. The molecule has 2 rings (SSSR count). The summed E-state index contributed by atoms with van der Waals surface area (Å²) in [7, 11) is 0. The van der Waals surface area contributed by atoms with Crippen LogP contribution >= 0.6 is 35.3 Å². The molecule has 0 aliphatic rings. The zero-order valence-corrected chi connectivity index (χ0v) is 29.9. The molecule has 0 aliphatic heterocycles. The largest absolute Gasteiger partial charge is 0.477 e. The van der Waals surface area contributed by atoms with Crippen molar-refractivity contribution in [1.29, 1.82) is 5.26 Å². The Morgan fingerprint density at radius 3 is 2.00 bits per heavy atom. The molecule has 15 heteroatoms. The van der Waals surface area contributed by atoms with E-state index in [1.165, 1.54) is 17.8 Å². The Balaban J connectivity index is 0.00000354. The van der Waals surface area contributed by atoms with Gasteiger partial charge in [0.05, 0.1) is 51.0 Å². The zero-order valence-electron chi connectivity index (χ0n) is 27.5. The Kier molecular flexibility index (Phi) is 27.2. The first-order valence-electron chi connectivity index (χ1n) is 15.3. The second-order valence-corrected chi connectivity index (χ2v) is 12.8. The minimum absolute atomic E-state index is 0.0107. The summed E-state index contributed by atoms with van der Waals surface area (Å²) in [5.74, 6) is 1.72. The Morgan fingerprint density at radius 1 is 0.851 bits per heavy atom. The number of aromatic nitrogens is 2. The molecule has 0 aliphatic carbocycles. The maximum absolute atomic E-state index is 11.3. The number of aromatic carboxylic acids is 1. The van der Waals surface area contributed by atoms with Crippen molar-refractivity contribution in [3.63, 3.8) is 0 Å². The van der Waals surface area contributed by atoms with Crippen LogP contribution in [0.5, 0.6) is 0 Å². The number of ether oxygens (including phenoxy) is 3. The van der Waals surface area contributed by atoms with Crippen molar-refractivity contribution in [3.05, 3.63) is 59.2 Å². The van der Waals surface area contributed by atoms with Crippen LogP contribution in [0.2, 0.25) is 0 Å². The highest BCUT2D eigenvalue weighted by Crippen LogP contribution is 2.08. The molecule has 0 saturated heterocycles. The zero-order chi connectivity index (χ0) is 34.4. The first-order chi connectivity index (χ1) is 23.0. The summed E-state index contributed by atoms with van der Waals surface area (Å²) in [5, 5.41) is 29.3. The second-order valence-electron chi connectivity index (χ2n) is 9.92. The molecule has 0 unspecified atom stereocenters. The number of hydrogen-bond acceptors (Lipinski definition) is 14. The van der Waals surface area contributed by atoms with E-state index in [0.717, 1.165) is 29.4 Å². The van der Waals surface area contributed by atoms with Gasteiger partial charge in [-0.1, -0.05) is 12.1 Å². The van der Waals surface area contributed by atoms with E-state index in [1.807, 2.05) is 41.3 Å². The molecule has 2 aromatic rings. The normalized spacial score (nSPS) is 10.9. The number of carboxylic acid groups (broad SMARTS) is 1. The van der Waals surface area contributed by atoms with Gasteiger partial charge < -0.3 is 24.4 Å². The number of carbonyl (C=O) groups excluding carboxylic acids is 1. The topological polar surface area (TPSA) is 158 Å². The van der Waals surface area contributed by atoms with E-state index in [2.05, 4.69) is 20.3 Å². The molecule has 0 amide bonds. The summed E-state index contributed by atoms with van der Waals surface area (Å²) in [6.45, 7) is 6.29. The predicted octanol–water partition coefficient (Wildman–Crippen LogP) is 3.65. The molecular formula is C32H49N5O7S3. The van der Waals surface area contributed by atoms with E-state index in [9.17, 15) is 19.8 Å². The van der Waals surface area contributed by atoms with Crippen LogP contribution in [0.25, 0.3) is 0 Å². The number of rotatable bonds is 27. The fourth-order valence-corrected chi connectivity index (χ4v) is 5.42. The van der Waals surface area contributed by atoms with Gasteiger partial charge in [0.1, 0.15) is 16.8 Å². The number of nitriles is 1. The lowest BCUT2D eigenvalue weighted by Crippen LogP contribution is -2.32. The minimum atomic E-state index is -1.06. The number of nitrogens with zero attached hydrogens (tertiary/aromatic N) is 5. The number of thioether (sulfide) groups is 3. The molecule has 0 fully saturated rings. The van der Waals surface area contributed by atoms with Crippen LogP contribution in [-0.4, -0.2) is 144 Å². The summed E-state index contributed by atoms with van der Waals surface area (Å²) >= 11 is 4.84. The maximum atomic E-state index is 11.3. The van der Waals surface area contributed by atoms with E-state index in [4.69, 9.17) is 19.5 Å². The highest BCUT2D eigenvalue weighted by Gasteiger charge is 2.11.